The summed E-state index contributed by atoms with van der Waals surface area (Å²) < 4.78 is 0. The second-order valence-electron chi connectivity index (χ2n) is 0. The van der Waals surface area contributed by atoms with E-state index in [1.54, 1.807) is 0 Å². The molecule has 0 aliphatic carbocycles. The van der Waals surface area contributed by atoms with Crippen LogP contribution in [-0.2, 0) is 0 Å². The molecule has 0 rings (SSSR count). The summed E-state index contributed by atoms with van der Waals surface area (Å²) >= 11 is 0. The van der Waals surface area contributed by atoms with Crippen LogP contribution in [0.5, 0.6) is 0 Å². The largest absolute Gasteiger partial charge is 2.00 e. The van der Waals surface area contributed by atoms with Gasteiger partial charge in [0.1, 0.15) is 0 Å². The summed E-state index contributed by atoms with van der Waals surface area (Å²) in [5, 5.41) is 0. The van der Waals surface area contributed by atoms with E-state index in [2.05, 4.69) is 0 Å². The Kier molecular flexibility index (Phi) is 36100. The molecule has 11 heteroatoms. The van der Waals surface area contributed by atoms with E-state index in [4.69, 9.17) is 0 Å². The summed E-state index contributed by atoms with van der Waals surface area (Å²) in [7, 11) is 0. The molecule has 0 saturated heterocycles. The van der Waals surface area contributed by atoms with Crippen molar-refractivity contribution in [2.24, 2.45) is 0 Å². The van der Waals surface area contributed by atoms with Gasteiger partial charge in [-0.05, 0) is 0 Å². The maximum atomic E-state index is 0. The van der Waals surface area contributed by atoms with Crippen molar-refractivity contribution in [2.45, 2.75) is 0 Å². The summed E-state index contributed by atoms with van der Waals surface area (Å²) in [6, 6.07) is 0. The average Bonchev–Trinajstić information content (AvgIpc) is 0. The van der Waals surface area contributed by atoms with E-state index in [9.17, 15) is 0 Å². The van der Waals surface area contributed by atoms with Crippen molar-refractivity contribution >= 4 is 37.7 Å². The average molecular weight is 255 g/mol. The normalized spacial score (nSPS) is 0. The molecule has 0 heterocycles. The third kappa shape index (κ3) is 452. The van der Waals surface area contributed by atoms with E-state index in [0.29, 0.717) is 0 Å². The maximum absolute atomic E-state index is 0. The zero-order valence-corrected chi connectivity index (χ0v) is 9.18. The van der Waals surface area contributed by atoms with Crippen molar-refractivity contribution in [3.05, 3.63) is 0 Å². The molecule has 0 spiro atoms. The number of halogens is 2. The predicted molar refractivity (Wildman–Crippen MR) is 34.7 cm³/mol. The quantitative estimate of drug-likeness (QED) is 0.365. The number of rotatable bonds is 0. The molecule has 0 fully saturated rings. The first-order chi connectivity index (χ1) is 0. The van der Waals surface area contributed by atoms with Gasteiger partial charge in [-0.25, -0.2) is 0 Å². The molecule has 0 aromatic carbocycles. The summed E-state index contributed by atoms with van der Waals surface area (Å²) in [6.07, 6.45) is 0. The topological polar surface area (TPSA) is 252 Å². The Bertz CT molecular complexity index is 12.1. The van der Waals surface area contributed by atoms with Crippen LogP contribution in [0.25, 0.3) is 0 Å². The SMILES string of the molecule is O.O.O.O.O.O.O.O.[Ca+2].[Cl-].[Cl-]. The van der Waals surface area contributed by atoms with E-state index in [-0.39, 0.29) is 106 Å². The number of hydrogen-bond donors (Lipinski definition) is 0. The smallest absolute Gasteiger partial charge is 1.00 e. The second kappa shape index (κ2) is 552. The molecular weight excluding hydrogens is 239 g/mol. The van der Waals surface area contributed by atoms with Crippen molar-refractivity contribution < 1.29 is 68.6 Å². The Balaban J connectivity index is 0. The van der Waals surface area contributed by atoms with Gasteiger partial charge in [0, 0.05) is 0 Å². The molecule has 0 aromatic rings. The Labute approximate surface area is 106 Å². The van der Waals surface area contributed by atoms with E-state index in [0.717, 1.165) is 0 Å². The molecule has 80 valence electrons. The summed E-state index contributed by atoms with van der Waals surface area (Å²) in [6.45, 7) is 0. The third-order valence-electron chi connectivity index (χ3n) is 0. The first-order valence-electron chi connectivity index (χ1n) is 0. The van der Waals surface area contributed by atoms with Gasteiger partial charge in [-0.15, -0.1) is 0 Å². The molecule has 0 saturated carbocycles. The Hall–Kier alpha value is 1.52. The Morgan fingerprint density at radius 1 is 0.273 bits per heavy atom. The summed E-state index contributed by atoms with van der Waals surface area (Å²) in [4.78, 5) is 0. The third-order valence-corrected chi connectivity index (χ3v) is 0. The first kappa shape index (κ1) is 719. The van der Waals surface area contributed by atoms with Crippen LogP contribution in [0.1, 0.15) is 0 Å². The molecule has 0 aromatic heterocycles. The van der Waals surface area contributed by atoms with Gasteiger partial charge < -0.3 is 68.6 Å². The van der Waals surface area contributed by atoms with E-state index in [1.807, 2.05) is 0 Å². The van der Waals surface area contributed by atoms with Crippen molar-refractivity contribution in [3.8, 4) is 0 Å². The van der Waals surface area contributed by atoms with Gasteiger partial charge in [-0.3, -0.25) is 0 Å². The van der Waals surface area contributed by atoms with Crippen LogP contribution in [0.15, 0.2) is 0 Å². The van der Waals surface area contributed by atoms with Gasteiger partial charge >= 0.3 is 37.7 Å². The van der Waals surface area contributed by atoms with Crippen LogP contribution in [0.2, 0.25) is 0 Å². The van der Waals surface area contributed by atoms with Gasteiger partial charge in [0.25, 0.3) is 0 Å². The first-order valence-corrected chi connectivity index (χ1v) is 0. The number of hydrogen-bond acceptors (Lipinski definition) is 0. The van der Waals surface area contributed by atoms with Crippen molar-refractivity contribution in [3.63, 3.8) is 0 Å². The fourth-order valence-corrected chi connectivity index (χ4v) is 0. The van der Waals surface area contributed by atoms with Gasteiger partial charge in [-0.1, -0.05) is 0 Å². The van der Waals surface area contributed by atoms with E-state index < -0.39 is 0 Å². The monoisotopic (exact) mass is 254 g/mol. The molecule has 0 aliphatic rings. The van der Waals surface area contributed by atoms with Crippen LogP contribution in [0, 0.1) is 0 Å². The van der Waals surface area contributed by atoms with Gasteiger partial charge in [0.2, 0.25) is 0 Å². The van der Waals surface area contributed by atoms with Crippen LogP contribution in [0.3, 0.4) is 0 Å². The zero-order chi connectivity index (χ0) is 0. The minimum absolute atomic E-state index is 0. The second-order valence-corrected chi connectivity index (χ2v) is 0. The maximum Gasteiger partial charge on any atom is 2.00 e. The van der Waals surface area contributed by atoms with Crippen LogP contribution >= 0.6 is 0 Å². The van der Waals surface area contributed by atoms with Crippen molar-refractivity contribution in [1.82, 2.24) is 0 Å². The summed E-state index contributed by atoms with van der Waals surface area (Å²) in [5.74, 6) is 0. The minimum Gasteiger partial charge on any atom is -1.00 e. The van der Waals surface area contributed by atoms with Crippen molar-refractivity contribution in [1.29, 1.82) is 0 Å². The van der Waals surface area contributed by atoms with Gasteiger partial charge in [0.05, 0.1) is 0 Å². The van der Waals surface area contributed by atoms with Crippen LogP contribution < -0.4 is 24.8 Å². The fourth-order valence-electron chi connectivity index (χ4n) is 0. The summed E-state index contributed by atoms with van der Waals surface area (Å²) in [5.41, 5.74) is 0. The molecule has 0 bridgehead atoms. The molecule has 0 radical (unpaired) electrons. The molecule has 16 N–H and O–H groups in total. The molecule has 0 amide bonds. The van der Waals surface area contributed by atoms with E-state index >= 15 is 0 Å². The molecule has 0 aliphatic heterocycles. The van der Waals surface area contributed by atoms with Gasteiger partial charge in [-0.2, -0.15) is 0 Å². The molecule has 11 heavy (non-hydrogen) atoms. The minimum atomic E-state index is 0. The molecular formula is H16CaCl2O8. The zero-order valence-electron chi connectivity index (χ0n) is 5.46. The van der Waals surface area contributed by atoms with Gasteiger partial charge in [0.15, 0.2) is 0 Å². The molecule has 0 atom stereocenters. The van der Waals surface area contributed by atoms with Crippen molar-refractivity contribution in [2.75, 3.05) is 0 Å². The van der Waals surface area contributed by atoms with Crippen LogP contribution in [-0.4, -0.2) is 81.5 Å². The van der Waals surface area contributed by atoms with Crippen LogP contribution in [0.4, 0.5) is 0 Å². The Morgan fingerprint density at radius 2 is 0.273 bits per heavy atom. The van der Waals surface area contributed by atoms with E-state index in [1.165, 1.54) is 0 Å². The molecule has 0 unspecified atom stereocenters. The molecule has 8 nitrogen and oxygen atoms in total. The fraction of sp³-hybridized carbons (Fsp3) is 0. The predicted octanol–water partition coefficient (Wildman–Crippen LogP) is -13.0. The standard InChI is InChI=1S/Ca.2ClH.8H2O/h;2*1H;8*1H2/q+2;;;;;;;;;;/p-2. The Morgan fingerprint density at radius 3 is 0.273 bits per heavy atom.